The van der Waals surface area contributed by atoms with Crippen LogP contribution in [0.3, 0.4) is 0 Å². The van der Waals surface area contributed by atoms with Gasteiger partial charge in [0.25, 0.3) is 0 Å². The van der Waals surface area contributed by atoms with Crippen molar-refractivity contribution in [3.8, 4) is 0 Å². The summed E-state index contributed by atoms with van der Waals surface area (Å²) in [6.07, 6.45) is 7.05. The van der Waals surface area contributed by atoms with Crippen LogP contribution in [0, 0.1) is 0 Å². The Bertz CT molecular complexity index is 318. The maximum atomic E-state index is 11.6. The highest BCUT2D eigenvalue weighted by atomic mass is 16.2. The van der Waals surface area contributed by atoms with Crippen LogP contribution in [0.4, 0.5) is 0 Å². The third-order valence-electron chi connectivity index (χ3n) is 2.00. The lowest BCUT2D eigenvalue weighted by Gasteiger charge is -2.11. The van der Waals surface area contributed by atoms with Gasteiger partial charge >= 0.3 is 0 Å². The van der Waals surface area contributed by atoms with Gasteiger partial charge in [-0.15, -0.1) is 0 Å². The summed E-state index contributed by atoms with van der Waals surface area (Å²) in [5, 5.41) is 6.76. The molecule has 1 aromatic rings. The lowest BCUT2D eigenvalue weighted by atomic mass is 10.3. The predicted octanol–water partition coefficient (Wildman–Crippen LogP) is 0.0752. The Morgan fingerprint density at radius 2 is 2.47 bits per heavy atom. The summed E-state index contributed by atoms with van der Waals surface area (Å²) in [5.74, 6) is -0.0552. The fraction of sp³-hybridized carbons (Fsp3) is 0.400. The van der Waals surface area contributed by atoms with Crippen LogP contribution in [-0.2, 0) is 4.79 Å². The van der Waals surface area contributed by atoms with Gasteiger partial charge in [-0.1, -0.05) is 12.2 Å². The monoisotopic (exact) mass is 208 g/mol. The van der Waals surface area contributed by atoms with Gasteiger partial charge in [0.2, 0.25) is 5.91 Å². The van der Waals surface area contributed by atoms with Gasteiger partial charge in [0.15, 0.2) is 0 Å². The van der Waals surface area contributed by atoms with Crippen molar-refractivity contribution in [1.82, 2.24) is 15.1 Å². The average Bonchev–Trinajstić information content (AvgIpc) is 2.76. The van der Waals surface area contributed by atoms with Crippen molar-refractivity contribution in [1.29, 1.82) is 0 Å². The molecule has 1 heterocycles. The van der Waals surface area contributed by atoms with Gasteiger partial charge in [-0.3, -0.25) is 9.48 Å². The number of hydrogen-bond donors (Lipinski definition) is 2. The molecule has 0 spiro atoms. The molecule has 0 saturated carbocycles. The molecule has 1 amide bonds. The van der Waals surface area contributed by atoms with Gasteiger partial charge in [-0.2, -0.15) is 5.10 Å². The van der Waals surface area contributed by atoms with Crippen molar-refractivity contribution < 1.29 is 4.79 Å². The van der Waals surface area contributed by atoms with Gasteiger partial charge in [-0.25, -0.2) is 0 Å². The molecule has 0 aliphatic rings. The van der Waals surface area contributed by atoms with Gasteiger partial charge in [-0.05, 0) is 13.0 Å². The van der Waals surface area contributed by atoms with Crippen molar-refractivity contribution >= 4 is 5.91 Å². The second-order valence-electron chi connectivity index (χ2n) is 3.11. The number of aromatic nitrogens is 2. The number of hydrogen-bond acceptors (Lipinski definition) is 3. The van der Waals surface area contributed by atoms with Crippen molar-refractivity contribution in [2.24, 2.45) is 5.73 Å². The van der Waals surface area contributed by atoms with E-state index in [0.29, 0.717) is 13.1 Å². The Morgan fingerprint density at radius 1 is 1.67 bits per heavy atom. The third-order valence-corrected chi connectivity index (χ3v) is 2.00. The number of nitrogens with two attached hydrogens (primary N) is 1. The molecule has 1 atom stereocenters. The van der Waals surface area contributed by atoms with Crippen LogP contribution in [0.2, 0.25) is 0 Å². The van der Waals surface area contributed by atoms with Crippen molar-refractivity contribution in [2.75, 3.05) is 13.1 Å². The van der Waals surface area contributed by atoms with E-state index >= 15 is 0 Å². The maximum absolute atomic E-state index is 11.6. The molecule has 0 aliphatic carbocycles. The van der Waals surface area contributed by atoms with E-state index in [1.807, 2.05) is 6.08 Å². The zero-order chi connectivity index (χ0) is 11.1. The van der Waals surface area contributed by atoms with E-state index in [-0.39, 0.29) is 11.9 Å². The normalized spacial score (nSPS) is 12.9. The highest BCUT2D eigenvalue weighted by molar-refractivity contribution is 5.79. The standard InChI is InChI=1S/C10H16N4O/c1-9(14-8-4-7-13-14)10(15)12-6-3-2-5-11/h2-4,7-9H,5-6,11H2,1H3,(H,12,15)/b3-2+. The molecule has 0 fully saturated rings. The summed E-state index contributed by atoms with van der Waals surface area (Å²) in [4.78, 5) is 11.6. The number of nitrogens with one attached hydrogen (secondary N) is 1. The van der Waals surface area contributed by atoms with Crippen molar-refractivity contribution in [3.63, 3.8) is 0 Å². The number of carbonyl (C=O) groups is 1. The van der Waals surface area contributed by atoms with Gasteiger partial charge in [0.1, 0.15) is 6.04 Å². The molecule has 0 radical (unpaired) electrons. The molecule has 3 N–H and O–H groups in total. The van der Waals surface area contributed by atoms with E-state index in [1.54, 1.807) is 36.1 Å². The Labute approximate surface area is 89.0 Å². The minimum Gasteiger partial charge on any atom is -0.351 e. The SMILES string of the molecule is CC(C(=O)NC/C=C/CN)n1cccn1. The number of nitrogens with zero attached hydrogens (tertiary/aromatic N) is 2. The summed E-state index contributed by atoms with van der Waals surface area (Å²) in [6, 6.07) is 1.50. The molecular formula is C10H16N4O. The highest BCUT2D eigenvalue weighted by Crippen LogP contribution is 2.02. The Morgan fingerprint density at radius 3 is 3.07 bits per heavy atom. The fourth-order valence-electron chi connectivity index (χ4n) is 1.12. The van der Waals surface area contributed by atoms with E-state index in [0.717, 1.165) is 0 Å². The van der Waals surface area contributed by atoms with E-state index in [2.05, 4.69) is 10.4 Å². The number of amides is 1. The molecule has 0 saturated heterocycles. The molecule has 1 unspecified atom stereocenters. The summed E-state index contributed by atoms with van der Waals surface area (Å²) >= 11 is 0. The molecule has 82 valence electrons. The second-order valence-corrected chi connectivity index (χ2v) is 3.11. The van der Waals surface area contributed by atoms with Crippen LogP contribution >= 0.6 is 0 Å². The third kappa shape index (κ3) is 3.55. The average molecular weight is 208 g/mol. The highest BCUT2D eigenvalue weighted by Gasteiger charge is 2.12. The first kappa shape index (κ1) is 11.5. The van der Waals surface area contributed by atoms with Crippen LogP contribution in [0.5, 0.6) is 0 Å². The smallest absolute Gasteiger partial charge is 0.244 e. The Balaban J connectivity index is 2.37. The topological polar surface area (TPSA) is 72.9 Å². The molecule has 5 nitrogen and oxygen atoms in total. The molecule has 1 rings (SSSR count). The van der Waals surface area contributed by atoms with Gasteiger partial charge in [0, 0.05) is 25.5 Å². The predicted molar refractivity (Wildman–Crippen MR) is 58.1 cm³/mol. The van der Waals surface area contributed by atoms with Crippen molar-refractivity contribution in [3.05, 3.63) is 30.6 Å². The Kier molecular flexibility index (Phi) is 4.56. The summed E-state index contributed by atoms with van der Waals surface area (Å²) < 4.78 is 1.61. The zero-order valence-electron chi connectivity index (χ0n) is 8.76. The van der Waals surface area contributed by atoms with E-state index in [9.17, 15) is 4.79 Å². The minimum atomic E-state index is -0.286. The molecule has 0 bridgehead atoms. The van der Waals surface area contributed by atoms with Crippen molar-refractivity contribution in [2.45, 2.75) is 13.0 Å². The van der Waals surface area contributed by atoms with E-state index in [4.69, 9.17) is 5.73 Å². The first-order valence-corrected chi connectivity index (χ1v) is 4.87. The van der Waals surface area contributed by atoms with E-state index in [1.165, 1.54) is 0 Å². The van der Waals surface area contributed by atoms with Crippen LogP contribution in [0.25, 0.3) is 0 Å². The second kappa shape index (κ2) is 5.98. The van der Waals surface area contributed by atoms with Crippen LogP contribution in [0.1, 0.15) is 13.0 Å². The number of rotatable bonds is 5. The van der Waals surface area contributed by atoms with Crippen LogP contribution < -0.4 is 11.1 Å². The fourth-order valence-corrected chi connectivity index (χ4v) is 1.12. The molecule has 15 heavy (non-hydrogen) atoms. The summed E-state index contributed by atoms with van der Waals surface area (Å²) in [6.45, 7) is 2.79. The first-order chi connectivity index (χ1) is 7.25. The largest absolute Gasteiger partial charge is 0.351 e. The molecule has 1 aromatic heterocycles. The molecule has 5 heteroatoms. The summed E-state index contributed by atoms with van der Waals surface area (Å²) in [5.41, 5.74) is 5.27. The minimum absolute atomic E-state index is 0.0552. The van der Waals surface area contributed by atoms with Gasteiger partial charge < -0.3 is 11.1 Å². The summed E-state index contributed by atoms with van der Waals surface area (Å²) in [7, 11) is 0. The lowest BCUT2D eigenvalue weighted by molar-refractivity contribution is -0.123. The maximum Gasteiger partial charge on any atom is 0.244 e. The van der Waals surface area contributed by atoms with Crippen LogP contribution in [0.15, 0.2) is 30.6 Å². The Hall–Kier alpha value is -1.62. The van der Waals surface area contributed by atoms with Crippen LogP contribution in [-0.4, -0.2) is 28.8 Å². The first-order valence-electron chi connectivity index (χ1n) is 4.87. The molecular weight excluding hydrogens is 192 g/mol. The molecule has 0 aromatic carbocycles. The van der Waals surface area contributed by atoms with Gasteiger partial charge in [0.05, 0.1) is 0 Å². The number of carbonyl (C=O) groups excluding carboxylic acids is 1. The zero-order valence-corrected chi connectivity index (χ0v) is 8.76. The van der Waals surface area contributed by atoms with E-state index < -0.39 is 0 Å². The lowest BCUT2D eigenvalue weighted by Crippen LogP contribution is -2.31. The molecule has 0 aliphatic heterocycles. The quantitative estimate of drug-likeness (QED) is 0.673.